The summed E-state index contributed by atoms with van der Waals surface area (Å²) in [5.41, 5.74) is 0.984. The molecule has 0 saturated heterocycles. The molecule has 138 valence electrons. The number of carbonyl (C=O) groups is 2. The van der Waals surface area contributed by atoms with Crippen molar-refractivity contribution in [1.82, 2.24) is 5.32 Å². The van der Waals surface area contributed by atoms with Crippen LogP contribution in [-0.4, -0.2) is 18.5 Å². The molecule has 0 fully saturated rings. The molecule has 2 amide bonds. The van der Waals surface area contributed by atoms with E-state index in [-0.39, 0.29) is 11.7 Å². The van der Waals surface area contributed by atoms with E-state index in [1.807, 2.05) is 49.4 Å². The molecule has 27 heavy (non-hydrogen) atoms. The van der Waals surface area contributed by atoms with Gasteiger partial charge in [-0.3, -0.25) is 4.79 Å². The number of fused-ring (bicyclic) bond motifs is 1. The van der Waals surface area contributed by atoms with Crippen molar-refractivity contribution in [2.75, 3.05) is 11.9 Å². The van der Waals surface area contributed by atoms with E-state index in [1.165, 1.54) is 0 Å². The summed E-state index contributed by atoms with van der Waals surface area (Å²) in [5, 5.41) is 7.33. The third-order valence-electron chi connectivity index (χ3n) is 4.13. The molecule has 0 radical (unpaired) electrons. The molecule has 0 bridgehead atoms. The molecule has 3 aromatic rings. The topological polar surface area (TPSA) is 67.4 Å². The van der Waals surface area contributed by atoms with E-state index < -0.39 is 6.09 Å². The van der Waals surface area contributed by atoms with Crippen LogP contribution in [0, 0.1) is 0 Å². The third kappa shape index (κ3) is 4.85. The zero-order chi connectivity index (χ0) is 19.1. The number of ether oxygens (including phenoxy) is 1. The average Bonchev–Trinajstić information content (AvgIpc) is 2.68. The first-order valence-electron chi connectivity index (χ1n) is 9.02. The van der Waals surface area contributed by atoms with E-state index in [0.717, 1.165) is 23.6 Å². The number of amides is 2. The highest BCUT2D eigenvalue weighted by molar-refractivity contribution is 6.09. The lowest BCUT2D eigenvalue weighted by molar-refractivity contribution is 0.102. The Bertz CT molecular complexity index is 939. The number of hydrogen-bond donors (Lipinski definition) is 2. The summed E-state index contributed by atoms with van der Waals surface area (Å²) in [6.07, 6.45) is 1.28. The van der Waals surface area contributed by atoms with Crippen LogP contribution in [0.15, 0.2) is 66.7 Å². The van der Waals surface area contributed by atoms with E-state index >= 15 is 0 Å². The van der Waals surface area contributed by atoms with Gasteiger partial charge in [-0.25, -0.2) is 4.79 Å². The molecular weight excluding hydrogens is 340 g/mol. The molecular formula is C22H22N2O3. The summed E-state index contributed by atoms with van der Waals surface area (Å²) in [5.74, 6) is -0.0977. The number of nitrogens with one attached hydrogen (secondary N) is 2. The minimum Gasteiger partial charge on any atom is -0.409 e. The van der Waals surface area contributed by atoms with Crippen LogP contribution in [-0.2, 0) is 0 Å². The first-order valence-corrected chi connectivity index (χ1v) is 9.02. The zero-order valence-corrected chi connectivity index (χ0v) is 15.2. The van der Waals surface area contributed by atoms with Gasteiger partial charge in [0.25, 0.3) is 5.91 Å². The fourth-order valence-electron chi connectivity index (χ4n) is 2.70. The van der Waals surface area contributed by atoms with E-state index in [1.54, 1.807) is 24.3 Å². The first kappa shape index (κ1) is 18.5. The lowest BCUT2D eigenvalue weighted by atomic mass is 10.1. The molecule has 0 aliphatic carbocycles. The lowest BCUT2D eigenvalue weighted by Crippen LogP contribution is -2.28. The van der Waals surface area contributed by atoms with Crippen molar-refractivity contribution in [3.63, 3.8) is 0 Å². The fourth-order valence-corrected chi connectivity index (χ4v) is 2.70. The van der Waals surface area contributed by atoms with Gasteiger partial charge in [-0.05, 0) is 41.5 Å². The Kier molecular flexibility index (Phi) is 6.05. The molecule has 3 aromatic carbocycles. The highest BCUT2D eigenvalue weighted by Gasteiger charge is 2.17. The second-order valence-electron chi connectivity index (χ2n) is 6.19. The molecule has 2 N–H and O–H groups in total. The van der Waals surface area contributed by atoms with Gasteiger partial charge in [0, 0.05) is 12.2 Å². The van der Waals surface area contributed by atoms with Crippen LogP contribution in [0.2, 0.25) is 0 Å². The second-order valence-corrected chi connectivity index (χ2v) is 6.19. The zero-order valence-electron chi connectivity index (χ0n) is 15.2. The molecule has 3 rings (SSSR count). The normalized spacial score (nSPS) is 10.4. The van der Waals surface area contributed by atoms with Gasteiger partial charge < -0.3 is 15.4 Å². The first-order chi connectivity index (χ1) is 13.2. The Hall–Kier alpha value is -3.34. The molecule has 0 aliphatic heterocycles. The van der Waals surface area contributed by atoms with Crippen LogP contribution in [0.25, 0.3) is 10.8 Å². The van der Waals surface area contributed by atoms with Crippen molar-refractivity contribution < 1.29 is 14.3 Å². The minimum atomic E-state index is -0.563. The Morgan fingerprint density at radius 2 is 1.59 bits per heavy atom. The molecule has 5 heteroatoms. The van der Waals surface area contributed by atoms with E-state index in [0.29, 0.717) is 17.8 Å². The molecule has 0 saturated carbocycles. The maximum Gasteiger partial charge on any atom is 0.412 e. The quantitative estimate of drug-likeness (QED) is 0.608. The molecule has 5 nitrogen and oxygen atoms in total. The summed E-state index contributed by atoms with van der Waals surface area (Å²) in [6.45, 7) is 2.58. The molecule has 0 aromatic heterocycles. The number of rotatable bonds is 6. The summed E-state index contributed by atoms with van der Waals surface area (Å²) in [4.78, 5) is 24.9. The predicted molar refractivity (Wildman–Crippen MR) is 107 cm³/mol. The van der Waals surface area contributed by atoms with Gasteiger partial charge in [-0.15, -0.1) is 0 Å². The number of carbonyl (C=O) groups excluding carboxylic acids is 2. The number of unbranched alkanes of at least 4 members (excludes halogenated alkanes) is 1. The SMILES string of the molecule is CCCCNC(=O)Oc1cc2ccccc2cc1C(=O)Nc1ccccc1. The van der Waals surface area contributed by atoms with Crippen molar-refractivity contribution in [2.24, 2.45) is 0 Å². The third-order valence-corrected chi connectivity index (χ3v) is 4.13. The average molecular weight is 362 g/mol. The summed E-state index contributed by atoms with van der Waals surface area (Å²) in [6, 6.07) is 20.3. The van der Waals surface area contributed by atoms with E-state index in [9.17, 15) is 9.59 Å². The maximum absolute atomic E-state index is 12.8. The summed E-state index contributed by atoms with van der Waals surface area (Å²) in [7, 11) is 0. The Morgan fingerprint density at radius 1 is 0.926 bits per heavy atom. The van der Waals surface area contributed by atoms with Crippen LogP contribution in [0.5, 0.6) is 5.75 Å². The molecule has 0 atom stereocenters. The predicted octanol–water partition coefficient (Wildman–Crippen LogP) is 4.98. The molecule has 0 spiro atoms. The van der Waals surface area contributed by atoms with E-state index in [2.05, 4.69) is 10.6 Å². The minimum absolute atomic E-state index is 0.233. The van der Waals surface area contributed by atoms with Gasteiger partial charge in [0.05, 0.1) is 5.56 Å². The standard InChI is InChI=1S/C22H22N2O3/c1-2-3-13-23-22(26)27-20-15-17-10-8-7-9-16(17)14-19(20)21(25)24-18-11-5-4-6-12-18/h4-12,14-15H,2-3,13H2,1H3,(H,23,26)(H,24,25). The van der Waals surface area contributed by atoms with Gasteiger partial charge >= 0.3 is 6.09 Å². The lowest BCUT2D eigenvalue weighted by Gasteiger charge is -2.13. The van der Waals surface area contributed by atoms with Crippen LogP contribution in [0.1, 0.15) is 30.1 Å². The largest absolute Gasteiger partial charge is 0.412 e. The van der Waals surface area contributed by atoms with Crippen molar-refractivity contribution in [2.45, 2.75) is 19.8 Å². The van der Waals surface area contributed by atoms with Gasteiger partial charge in [0.2, 0.25) is 0 Å². The van der Waals surface area contributed by atoms with Gasteiger partial charge in [-0.1, -0.05) is 55.8 Å². The second kappa shape index (κ2) is 8.85. The van der Waals surface area contributed by atoms with Crippen LogP contribution in [0.4, 0.5) is 10.5 Å². The smallest absolute Gasteiger partial charge is 0.409 e. The van der Waals surface area contributed by atoms with Gasteiger partial charge in [0.1, 0.15) is 5.75 Å². The molecule has 0 unspecified atom stereocenters. The van der Waals surface area contributed by atoms with Gasteiger partial charge in [0.15, 0.2) is 0 Å². The van der Waals surface area contributed by atoms with Crippen LogP contribution >= 0.6 is 0 Å². The van der Waals surface area contributed by atoms with Crippen molar-refractivity contribution in [3.8, 4) is 5.75 Å². The van der Waals surface area contributed by atoms with Gasteiger partial charge in [-0.2, -0.15) is 0 Å². The van der Waals surface area contributed by atoms with Crippen LogP contribution < -0.4 is 15.4 Å². The van der Waals surface area contributed by atoms with Crippen molar-refractivity contribution >= 4 is 28.5 Å². The molecule has 0 aliphatic rings. The summed E-state index contributed by atoms with van der Waals surface area (Å²) < 4.78 is 5.45. The Morgan fingerprint density at radius 3 is 2.30 bits per heavy atom. The van der Waals surface area contributed by atoms with E-state index in [4.69, 9.17) is 4.74 Å². The number of para-hydroxylation sites is 1. The highest BCUT2D eigenvalue weighted by atomic mass is 16.6. The number of anilines is 1. The molecule has 0 heterocycles. The number of hydrogen-bond acceptors (Lipinski definition) is 3. The van der Waals surface area contributed by atoms with Crippen LogP contribution in [0.3, 0.4) is 0 Å². The maximum atomic E-state index is 12.8. The monoisotopic (exact) mass is 362 g/mol. The Balaban J connectivity index is 1.89. The fraction of sp³-hybridized carbons (Fsp3) is 0.182. The summed E-state index contributed by atoms with van der Waals surface area (Å²) >= 11 is 0. The van der Waals surface area contributed by atoms with Crippen molar-refractivity contribution in [1.29, 1.82) is 0 Å². The number of benzene rings is 3. The highest BCUT2D eigenvalue weighted by Crippen LogP contribution is 2.27. The Labute approximate surface area is 158 Å². The van der Waals surface area contributed by atoms with Crippen molar-refractivity contribution in [3.05, 3.63) is 72.3 Å².